The smallest absolute Gasteiger partial charge is 0.257 e. The summed E-state index contributed by atoms with van der Waals surface area (Å²) < 4.78 is 5.58. The fourth-order valence-corrected chi connectivity index (χ4v) is 3.72. The Morgan fingerprint density at radius 3 is 2.67 bits per heavy atom. The Bertz CT molecular complexity index is 925. The quantitative estimate of drug-likeness (QED) is 0.608. The number of carbonyl (C=O) groups excluding carboxylic acids is 2. The summed E-state index contributed by atoms with van der Waals surface area (Å²) in [4.78, 5) is 31.2. The van der Waals surface area contributed by atoms with Crippen molar-refractivity contribution in [3.8, 4) is 0 Å². The van der Waals surface area contributed by atoms with Gasteiger partial charge in [0, 0.05) is 11.9 Å². The highest BCUT2D eigenvalue weighted by molar-refractivity contribution is 7.99. The van der Waals surface area contributed by atoms with Crippen molar-refractivity contribution in [1.82, 2.24) is 9.88 Å². The van der Waals surface area contributed by atoms with Crippen molar-refractivity contribution in [3.05, 3.63) is 48.5 Å². The Morgan fingerprint density at radius 1 is 1.15 bits per heavy atom. The number of carbonyl (C=O) groups is 2. The molecule has 0 fully saturated rings. The number of aromatic nitrogens is 1. The molecule has 0 bridgehead atoms. The fraction of sp³-hybridized carbons (Fsp3) is 0.211. The van der Waals surface area contributed by atoms with Crippen molar-refractivity contribution in [1.29, 1.82) is 0 Å². The molecule has 0 saturated heterocycles. The number of likely N-dealkylation sites (N-methyl/N-ethyl adjacent to an activating group) is 1. The molecule has 2 amide bonds. The molecule has 0 aliphatic heterocycles. The summed E-state index contributed by atoms with van der Waals surface area (Å²) in [6, 6.07) is 15.0. The Labute approximate surface area is 165 Å². The molecular weight excluding hydrogens is 382 g/mol. The topological polar surface area (TPSA) is 75.4 Å². The monoisotopic (exact) mass is 401 g/mol. The largest absolute Gasteiger partial charge is 0.431 e. The third kappa shape index (κ3) is 5.05. The molecule has 0 atom stereocenters. The van der Waals surface area contributed by atoms with E-state index >= 15 is 0 Å². The van der Waals surface area contributed by atoms with Gasteiger partial charge in [-0.2, -0.15) is 0 Å². The molecule has 0 spiro atoms. The lowest BCUT2D eigenvalue weighted by Crippen LogP contribution is -2.36. The predicted molar refractivity (Wildman–Crippen MR) is 109 cm³/mol. The summed E-state index contributed by atoms with van der Waals surface area (Å²) >= 11 is 2.77. The van der Waals surface area contributed by atoms with Crippen molar-refractivity contribution in [3.63, 3.8) is 0 Å². The molecule has 0 aliphatic carbocycles. The number of nitrogens with zero attached hydrogens (tertiary/aromatic N) is 2. The number of hydrogen-bond acceptors (Lipinski definition) is 6. The second-order valence-electron chi connectivity index (χ2n) is 5.73. The van der Waals surface area contributed by atoms with E-state index in [1.54, 1.807) is 18.8 Å². The van der Waals surface area contributed by atoms with Crippen LogP contribution in [0.2, 0.25) is 0 Å². The van der Waals surface area contributed by atoms with Gasteiger partial charge in [0.05, 0.1) is 18.0 Å². The summed E-state index contributed by atoms with van der Waals surface area (Å²) in [5, 5.41) is 3.29. The molecule has 6 nitrogen and oxygen atoms in total. The molecule has 1 aromatic heterocycles. The maximum absolute atomic E-state index is 12.3. The lowest BCUT2D eigenvalue weighted by atomic mass is 10.3. The third-order valence-corrected chi connectivity index (χ3v) is 5.39. The summed E-state index contributed by atoms with van der Waals surface area (Å²) in [5.41, 5.74) is 2.19. The van der Waals surface area contributed by atoms with E-state index in [1.807, 2.05) is 54.8 Å². The van der Waals surface area contributed by atoms with Crippen LogP contribution in [0.5, 0.6) is 0 Å². The number of hydrogen-bond donors (Lipinski definition) is 1. The fourth-order valence-electron chi connectivity index (χ4n) is 2.39. The van der Waals surface area contributed by atoms with E-state index in [9.17, 15) is 9.59 Å². The summed E-state index contributed by atoms with van der Waals surface area (Å²) in [7, 11) is 1.61. The molecule has 0 radical (unpaired) electrons. The summed E-state index contributed by atoms with van der Waals surface area (Å²) in [5.74, 6) is -0.257. The molecule has 0 saturated carbocycles. The van der Waals surface area contributed by atoms with E-state index in [1.165, 1.54) is 16.7 Å². The maximum atomic E-state index is 12.3. The van der Waals surface area contributed by atoms with E-state index in [4.69, 9.17) is 4.42 Å². The Kier molecular flexibility index (Phi) is 6.41. The standard InChI is InChI=1S/C19H19N3O3S2/c1-22(11-17(23)20-14-8-4-6-10-16(14)26-2)18(24)12-27-19-21-13-7-3-5-9-15(13)25-19/h3-10H,11-12H2,1-2H3,(H,20,23). The van der Waals surface area contributed by atoms with Gasteiger partial charge in [0.25, 0.3) is 5.22 Å². The molecule has 3 aromatic rings. The number of anilines is 1. The van der Waals surface area contributed by atoms with Crippen LogP contribution in [-0.4, -0.2) is 47.3 Å². The van der Waals surface area contributed by atoms with E-state index in [2.05, 4.69) is 10.3 Å². The molecule has 1 heterocycles. The van der Waals surface area contributed by atoms with Gasteiger partial charge in [0.2, 0.25) is 11.8 Å². The predicted octanol–water partition coefficient (Wildman–Crippen LogP) is 3.74. The van der Waals surface area contributed by atoms with Crippen LogP contribution in [-0.2, 0) is 9.59 Å². The highest BCUT2D eigenvalue weighted by Gasteiger charge is 2.16. The number of amides is 2. The van der Waals surface area contributed by atoms with Gasteiger partial charge in [-0.05, 0) is 30.5 Å². The average molecular weight is 402 g/mol. The van der Waals surface area contributed by atoms with E-state index in [0.717, 1.165) is 16.1 Å². The average Bonchev–Trinajstić information content (AvgIpc) is 3.09. The molecule has 8 heteroatoms. The number of oxazole rings is 1. The van der Waals surface area contributed by atoms with Crippen molar-refractivity contribution in [2.75, 3.05) is 30.9 Å². The minimum absolute atomic E-state index is 0.0182. The summed E-state index contributed by atoms with van der Waals surface area (Å²) in [6.07, 6.45) is 1.95. The highest BCUT2D eigenvalue weighted by Crippen LogP contribution is 2.25. The lowest BCUT2D eigenvalue weighted by Gasteiger charge is -2.17. The SMILES string of the molecule is CSc1ccccc1NC(=O)CN(C)C(=O)CSc1nc2ccccc2o1. The number of nitrogens with one attached hydrogen (secondary N) is 1. The zero-order chi connectivity index (χ0) is 19.2. The summed E-state index contributed by atoms with van der Waals surface area (Å²) in [6.45, 7) is -0.0182. The van der Waals surface area contributed by atoms with Gasteiger partial charge >= 0.3 is 0 Å². The number of para-hydroxylation sites is 3. The van der Waals surface area contributed by atoms with Crippen LogP contribution in [0.15, 0.2) is 63.1 Å². The van der Waals surface area contributed by atoms with Crippen LogP contribution < -0.4 is 5.32 Å². The Balaban J connectivity index is 1.51. The minimum atomic E-state index is -0.237. The molecule has 3 rings (SSSR count). The van der Waals surface area contributed by atoms with E-state index < -0.39 is 0 Å². The van der Waals surface area contributed by atoms with Gasteiger partial charge in [-0.3, -0.25) is 9.59 Å². The second kappa shape index (κ2) is 8.96. The van der Waals surface area contributed by atoms with Crippen LogP contribution >= 0.6 is 23.5 Å². The van der Waals surface area contributed by atoms with E-state index in [0.29, 0.717) is 10.8 Å². The van der Waals surface area contributed by atoms with Gasteiger partial charge in [-0.15, -0.1) is 11.8 Å². The first-order valence-corrected chi connectivity index (χ1v) is 10.4. The zero-order valence-corrected chi connectivity index (χ0v) is 16.6. The normalized spacial score (nSPS) is 10.7. The molecule has 27 heavy (non-hydrogen) atoms. The van der Waals surface area contributed by atoms with Gasteiger partial charge in [-0.25, -0.2) is 4.98 Å². The Hall–Kier alpha value is -2.45. The van der Waals surface area contributed by atoms with Crippen LogP contribution in [0.1, 0.15) is 0 Å². The first-order valence-electron chi connectivity index (χ1n) is 8.22. The number of fused-ring (bicyclic) bond motifs is 1. The molecule has 1 N–H and O–H groups in total. The Morgan fingerprint density at radius 2 is 1.89 bits per heavy atom. The van der Waals surface area contributed by atoms with Crippen LogP contribution in [0, 0.1) is 0 Å². The molecule has 140 valence electrons. The number of thioether (sulfide) groups is 2. The van der Waals surface area contributed by atoms with Crippen LogP contribution in [0.4, 0.5) is 5.69 Å². The number of rotatable bonds is 7. The van der Waals surface area contributed by atoms with E-state index in [-0.39, 0.29) is 24.1 Å². The minimum Gasteiger partial charge on any atom is -0.431 e. The lowest BCUT2D eigenvalue weighted by molar-refractivity contribution is -0.131. The third-order valence-electron chi connectivity index (χ3n) is 3.78. The molecule has 0 unspecified atom stereocenters. The molecule has 0 aliphatic rings. The van der Waals surface area contributed by atoms with Gasteiger partial charge < -0.3 is 14.6 Å². The van der Waals surface area contributed by atoms with Crippen LogP contribution in [0.25, 0.3) is 11.1 Å². The zero-order valence-electron chi connectivity index (χ0n) is 15.0. The first-order chi connectivity index (χ1) is 13.1. The number of benzene rings is 2. The molecule has 2 aromatic carbocycles. The van der Waals surface area contributed by atoms with Crippen molar-refractivity contribution >= 4 is 52.1 Å². The highest BCUT2D eigenvalue weighted by atomic mass is 32.2. The first kappa shape index (κ1) is 19.3. The molecular formula is C19H19N3O3S2. The van der Waals surface area contributed by atoms with Crippen molar-refractivity contribution < 1.29 is 14.0 Å². The van der Waals surface area contributed by atoms with Gasteiger partial charge in [0.1, 0.15) is 5.52 Å². The second-order valence-corrected chi connectivity index (χ2v) is 7.51. The van der Waals surface area contributed by atoms with Crippen LogP contribution in [0.3, 0.4) is 0 Å². The van der Waals surface area contributed by atoms with Gasteiger partial charge in [-0.1, -0.05) is 36.0 Å². The van der Waals surface area contributed by atoms with Crippen molar-refractivity contribution in [2.45, 2.75) is 10.1 Å². The maximum Gasteiger partial charge on any atom is 0.257 e. The van der Waals surface area contributed by atoms with Gasteiger partial charge in [0.15, 0.2) is 5.58 Å². The van der Waals surface area contributed by atoms with Crippen molar-refractivity contribution in [2.24, 2.45) is 0 Å².